The number of imidazole rings is 1. The number of fused-ring (bicyclic) bond motifs is 1. The lowest BCUT2D eigenvalue weighted by molar-refractivity contribution is 0.159. The lowest BCUT2D eigenvalue weighted by atomic mass is 10.3. The van der Waals surface area contributed by atoms with E-state index in [1.807, 2.05) is 18.2 Å². The van der Waals surface area contributed by atoms with Gasteiger partial charge in [-0.05, 0) is 25.2 Å². The molecule has 0 fully saturated rings. The zero-order valence-electron chi connectivity index (χ0n) is 12.5. The minimum Gasteiger partial charge on any atom is -0.383 e. The van der Waals surface area contributed by atoms with Crippen molar-refractivity contribution in [3.63, 3.8) is 0 Å². The quantitative estimate of drug-likeness (QED) is 0.697. The third-order valence-corrected chi connectivity index (χ3v) is 3.91. The van der Waals surface area contributed by atoms with Gasteiger partial charge in [0.15, 0.2) is 0 Å². The third-order valence-electron chi connectivity index (χ3n) is 3.49. The fraction of sp³-hybridized carbons (Fsp3) is 0.533. The number of methoxy groups -OCH3 is 1. The van der Waals surface area contributed by atoms with E-state index in [1.54, 1.807) is 7.11 Å². The molecule has 0 aliphatic rings. The first-order valence-corrected chi connectivity index (χ1v) is 7.95. The molecule has 2 rings (SSSR count). The first-order valence-electron chi connectivity index (χ1n) is 7.04. The maximum Gasteiger partial charge on any atom is 0.111 e. The average Bonchev–Trinajstić information content (AvgIpc) is 2.79. The van der Waals surface area contributed by atoms with Crippen molar-refractivity contribution in [1.82, 2.24) is 14.5 Å². The van der Waals surface area contributed by atoms with Gasteiger partial charge in [-0.3, -0.25) is 0 Å². The van der Waals surface area contributed by atoms with E-state index in [2.05, 4.69) is 21.5 Å². The lowest BCUT2D eigenvalue weighted by Gasteiger charge is -2.17. The number of benzene rings is 1. The van der Waals surface area contributed by atoms with Gasteiger partial charge in [-0.15, -0.1) is 11.6 Å². The summed E-state index contributed by atoms with van der Waals surface area (Å²) in [5, 5.41) is 0.710. The van der Waals surface area contributed by atoms with Crippen LogP contribution in [-0.2, 0) is 17.7 Å². The fourth-order valence-electron chi connectivity index (χ4n) is 2.31. The average molecular weight is 330 g/mol. The Morgan fingerprint density at radius 3 is 2.86 bits per heavy atom. The number of likely N-dealkylation sites (N-methyl/N-ethyl adjacent to an activating group) is 1. The summed E-state index contributed by atoms with van der Waals surface area (Å²) >= 11 is 11.9. The van der Waals surface area contributed by atoms with Crippen molar-refractivity contribution in [3.8, 4) is 0 Å². The number of ether oxygens (including phenoxy) is 1. The van der Waals surface area contributed by atoms with E-state index < -0.39 is 0 Å². The molecule has 0 amide bonds. The van der Waals surface area contributed by atoms with E-state index in [4.69, 9.17) is 27.9 Å². The minimum atomic E-state index is 0.566. The molecule has 1 heterocycles. The molecule has 0 radical (unpaired) electrons. The summed E-state index contributed by atoms with van der Waals surface area (Å²) in [6, 6.07) is 5.83. The Bertz CT molecular complexity index is 586. The maximum atomic E-state index is 6.04. The molecular formula is C15H21Cl2N3O. The van der Waals surface area contributed by atoms with Crippen molar-refractivity contribution in [3.05, 3.63) is 29.0 Å². The molecule has 0 saturated heterocycles. The highest BCUT2D eigenvalue weighted by Crippen LogP contribution is 2.21. The van der Waals surface area contributed by atoms with Gasteiger partial charge >= 0.3 is 0 Å². The minimum absolute atomic E-state index is 0.566. The number of aromatic nitrogens is 2. The number of hydrogen-bond acceptors (Lipinski definition) is 3. The number of hydrogen-bond donors (Lipinski definition) is 0. The molecular weight excluding hydrogens is 309 g/mol. The Balaban J connectivity index is 2.18. The molecule has 0 spiro atoms. The van der Waals surface area contributed by atoms with Crippen LogP contribution >= 0.6 is 23.2 Å². The van der Waals surface area contributed by atoms with Gasteiger partial charge in [0.05, 0.1) is 17.6 Å². The van der Waals surface area contributed by atoms with Crippen molar-refractivity contribution >= 4 is 34.2 Å². The fourth-order valence-corrected chi connectivity index (χ4v) is 2.64. The summed E-state index contributed by atoms with van der Waals surface area (Å²) in [4.78, 5) is 6.90. The SMILES string of the molecule is COCCN(C)CCn1c(CCCl)nc2cc(Cl)ccc21. The summed E-state index contributed by atoms with van der Waals surface area (Å²) in [7, 11) is 3.82. The third kappa shape index (κ3) is 4.33. The van der Waals surface area contributed by atoms with Crippen molar-refractivity contribution in [2.75, 3.05) is 39.7 Å². The zero-order valence-corrected chi connectivity index (χ0v) is 14.0. The number of halogens is 2. The predicted octanol–water partition coefficient (Wildman–Crippen LogP) is 3.05. The first kappa shape index (κ1) is 16.6. The molecule has 21 heavy (non-hydrogen) atoms. The van der Waals surface area contributed by atoms with Crippen molar-refractivity contribution in [2.45, 2.75) is 13.0 Å². The van der Waals surface area contributed by atoms with Gasteiger partial charge < -0.3 is 14.2 Å². The van der Waals surface area contributed by atoms with Crippen LogP contribution in [0.4, 0.5) is 0 Å². The lowest BCUT2D eigenvalue weighted by Crippen LogP contribution is -2.27. The van der Waals surface area contributed by atoms with Gasteiger partial charge in [0.2, 0.25) is 0 Å². The summed E-state index contributed by atoms with van der Waals surface area (Å²) < 4.78 is 7.34. The molecule has 6 heteroatoms. The van der Waals surface area contributed by atoms with E-state index in [1.165, 1.54) is 0 Å². The van der Waals surface area contributed by atoms with Crippen LogP contribution in [0.1, 0.15) is 5.82 Å². The highest BCUT2D eigenvalue weighted by molar-refractivity contribution is 6.31. The number of nitrogens with zero attached hydrogens (tertiary/aromatic N) is 3. The Kier molecular flexibility index (Phi) is 6.30. The number of aryl methyl sites for hydroxylation is 1. The molecule has 1 aromatic carbocycles. The van der Waals surface area contributed by atoms with Crippen LogP contribution < -0.4 is 0 Å². The number of rotatable bonds is 8. The van der Waals surface area contributed by atoms with E-state index in [-0.39, 0.29) is 0 Å². The van der Waals surface area contributed by atoms with Crippen LogP contribution in [0.5, 0.6) is 0 Å². The molecule has 0 aliphatic heterocycles. The van der Waals surface area contributed by atoms with Crippen molar-refractivity contribution in [2.24, 2.45) is 0 Å². The predicted molar refractivity (Wildman–Crippen MR) is 88.5 cm³/mol. The highest BCUT2D eigenvalue weighted by atomic mass is 35.5. The summed E-state index contributed by atoms with van der Waals surface area (Å²) in [6.45, 7) is 3.47. The highest BCUT2D eigenvalue weighted by Gasteiger charge is 2.11. The molecule has 0 aliphatic carbocycles. The summed E-state index contributed by atoms with van der Waals surface area (Å²) in [6.07, 6.45) is 0.760. The largest absolute Gasteiger partial charge is 0.383 e. The molecule has 0 unspecified atom stereocenters. The van der Waals surface area contributed by atoms with Crippen LogP contribution in [0.3, 0.4) is 0 Å². The Hall–Kier alpha value is -0.810. The Labute approximate surface area is 135 Å². The molecule has 116 valence electrons. The second-order valence-corrected chi connectivity index (χ2v) is 5.86. The Morgan fingerprint density at radius 2 is 2.14 bits per heavy atom. The van der Waals surface area contributed by atoms with E-state index >= 15 is 0 Å². The van der Waals surface area contributed by atoms with Gasteiger partial charge in [0, 0.05) is 44.1 Å². The van der Waals surface area contributed by atoms with Crippen LogP contribution in [0.2, 0.25) is 5.02 Å². The van der Waals surface area contributed by atoms with Crippen molar-refractivity contribution in [1.29, 1.82) is 0 Å². The van der Waals surface area contributed by atoms with Crippen LogP contribution in [0, 0.1) is 0 Å². The second-order valence-electron chi connectivity index (χ2n) is 5.05. The van der Waals surface area contributed by atoms with Crippen molar-refractivity contribution < 1.29 is 4.74 Å². The van der Waals surface area contributed by atoms with Gasteiger partial charge in [0.1, 0.15) is 5.82 Å². The molecule has 0 atom stereocenters. The zero-order chi connectivity index (χ0) is 15.2. The first-order chi connectivity index (χ1) is 10.2. The normalized spacial score (nSPS) is 11.7. The van der Waals surface area contributed by atoms with Crippen LogP contribution in [-0.4, -0.2) is 54.2 Å². The molecule has 4 nitrogen and oxygen atoms in total. The molecule has 2 aromatic rings. The van der Waals surface area contributed by atoms with E-state index in [0.717, 1.165) is 49.5 Å². The molecule has 1 aromatic heterocycles. The molecule has 0 N–H and O–H groups in total. The monoisotopic (exact) mass is 329 g/mol. The topological polar surface area (TPSA) is 30.3 Å². The smallest absolute Gasteiger partial charge is 0.111 e. The van der Waals surface area contributed by atoms with E-state index in [9.17, 15) is 0 Å². The van der Waals surface area contributed by atoms with E-state index in [0.29, 0.717) is 10.9 Å². The molecule has 0 saturated carbocycles. The standard InChI is InChI=1S/C15H21Cl2N3O/c1-19(9-10-21-2)7-8-20-14-4-3-12(17)11-13(14)18-15(20)5-6-16/h3-4,11H,5-10H2,1-2H3. The Morgan fingerprint density at radius 1 is 1.33 bits per heavy atom. The number of alkyl halides is 1. The summed E-state index contributed by atoms with van der Waals surface area (Å²) in [5.74, 6) is 1.58. The van der Waals surface area contributed by atoms with Gasteiger partial charge in [-0.25, -0.2) is 4.98 Å². The van der Waals surface area contributed by atoms with Crippen LogP contribution in [0.15, 0.2) is 18.2 Å². The van der Waals surface area contributed by atoms with Crippen LogP contribution in [0.25, 0.3) is 11.0 Å². The van der Waals surface area contributed by atoms with Gasteiger partial charge in [0.25, 0.3) is 0 Å². The maximum absolute atomic E-state index is 6.04. The molecule has 0 bridgehead atoms. The second kappa shape index (κ2) is 7.99. The van der Waals surface area contributed by atoms with Gasteiger partial charge in [-0.2, -0.15) is 0 Å². The van der Waals surface area contributed by atoms with Gasteiger partial charge in [-0.1, -0.05) is 11.6 Å². The summed E-state index contributed by atoms with van der Waals surface area (Å²) in [5.41, 5.74) is 2.04.